The number of aliphatic hydroxyl groups is 1. The first kappa shape index (κ1) is 12.1. The molecular weight excluding hydrogens is 218 g/mol. The van der Waals surface area contributed by atoms with E-state index in [1.54, 1.807) is 0 Å². The van der Waals surface area contributed by atoms with E-state index in [0.29, 0.717) is 5.92 Å². The van der Waals surface area contributed by atoms with Gasteiger partial charge < -0.3 is 15.5 Å². The normalized spacial score (nSPS) is 26.2. The number of benzene rings is 1. The third-order valence-corrected chi connectivity index (χ3v) is 3.19. The highest BCUT2D eigenvalue weighted by Gasteiger charge is 2.40. The number of nitrogens with one attached hydrogen (secondary N) is 1. The Balaban J connectivity index is 1.83. The van der Waals surface area contributed by atoms with Crippen LogP contribution in [0.25, 0.3) is 0 Å². The fraction of sp³-hybridized carbons (Fsp3) is 0.462. The van der Waals surface area contributed by atoms with E-state index < -0.39 is 11.6 Å². The number of hydrogen-bond acceptors (Lipinski definition) is 3. The maximum absolute atomic E-state index is 10.7. The Hall–Kier alpha value is -1.39. The van der Waals surface area contributed by atoms with Crippen LogP contribution in [0.15, 0.2) is 30.3 Å². The molecule has 1 fully saturated rings. The van der Waals surface area contributed by atoms with Crippen molar-refractivity contribution in [1.82, 2.24) is 5.32 Å². The molecule has 3 unspecified atom stereocenters. The monoisotopic (exact) mass is 235 g/mol. The number of aliphatic carboxylic acids is 1. The third-order valence-electron chi connectivity index (χ3n) is 3.19. The summed E-state index contributed by atoms with van der Waals surface area (Å²) < 4.78 is 0. The van der Waals surface area contributed by atoms with Crippen molar-refractivity contribution in [3.05, 3.63) is 35.9 Å². The molecule has 4 nitrogen and oxygen atoms in total. The molecule has 0 spiro atoms. The zero-order valence-corrected chi connectivity index (χ0v) is 9.76. The van der Waals surface area contributed by atoms with Crippen molar-refractivity contribution in [2.24, 2.45) is 0 Å². The molecule has 0 bridgehead atoms. The highest BCUT2D eigenvalue weighted by molar-refractivity contribution is 5.76. The van der Waals surface area contributed by atoms with Crippen LogP contribution < -0.4 is 5.32 Å². The summed E-state index contributed by atoms with van der Waals surface area (Å²) in [6.07, 6.45) is 1.000. The molecule has 0 saturated heterocycles. The molecule has 0 heterocycles. The molecule has 1 aliphatic carbocycles. The molecule has 0 amide bonds. The van der Waals surface area contributed by atoms with Crippen LogP contribution >= 0.6 is 0 Å². The highest BCUT2D eigenvalue weighted by atomic mass is 16.4. The van der Waals surface area contributed by atoms with Gasteiger partial charge in [0.05, 0.1) is 0 Å². The summed E-state index contributed by atoms with van der Waals surface area (Å²) in [5.74, 6) is -0.747. The predicted molar refractivity (Wildman–Crippen MR) is 63.9 cm³/mol. The fourth-order valence-corrected chi connectivity index (χ4v) is 1.89. The van der Waals surface area contributed by atoms with Crippen LogP contribution in [-0.4, -0.2) is 34.4 Å². The summed E-state index contributed by atoms with van der Waals surface area (Å²) in [4.78, 5) is 10.7. The van der Waals surface area contributed by atoms with Gasteiger partial charge in [0.2, 0.25) is 0 Å². The minimum atomic E-state index is -1.69. The van der Waals surface area contributed by atoms with Gasteiger partial charge in [-0.05, 0) is 18.9 Å². The number of hydrogen-bond donors (Lipinski definition) is 3. The first-order valence-corrected chi connectivity index (χ1v) is 5.75. The largest absolute Gasteiger partial charge is 0.479 e. The zero-order valence-electron chi connectivity index (χ0n) is 9.76. The van der Waals surface area contributed by atoms with E-state index >= 15 is 0 Å². The molecule has 1 aromatic rings. The number of carboxylic acid groups (broad SMARTS) is 1. The second-order valence-electron chi connectivity index (χ2n) is 4.82. The van der Waals surface area contributed by atoms with Gasteiger partial charge in [-0.15, -0.1) is 0 Å². The molecule has 1 aliphatic rings. The van der Waals surface area contributed by atoms with Crippen molar-refractivity contribution in [3.8, 4) is 0 Å². The quantitative estimate of drug-likeness (QED) is 0.711. The van der Waals surface area contributed by atoms with E-state index in [1.165, 1.54) is 12.5 Å². The van der Waals surface area contributed by atoms with E-state index in [-0.39, 0.29) is 12.6 Å². The molecule has 4 heteroatoms. The topological polar surface area (TPSA) is 69.6 Å². The SMILES string of the molecule is CC(O)(CNC1CC1c1ccccc1)C(=O)O. The van der Waals surface area contributed by atoms with Crippen molar-refractivity contribution >= 4 is 5.97 Å². The summed E-state index contributed by atoms with van der Waals surface area (Å²) in [5, 5.41) is 21.4. The van der Waals surface area contributed by atoms with E-state index in [9.17, 15) is 9.90 Å². The average Bonchev–Trinajstić information content (AvgIpc) is 3.07. The summed E-state index contributed by atoms with van der Waals surface area (Å²) in [7, 11) is 0. The van der Waals surface area contributed by atoms with Crippen molar-refractivity contribution in [1.29, 1.82) is 0 Å². The van der Waals surface area contributed by atoms with Crippen molar-refractivity contribution < 1.29 is 15.0 Å². The van der Waals surface area contributed by atoms with Crippen LogP contribution in [0.5, 0.6) is 0 Å². The van der Waals surface area contributed by atoms with E-state index in [0.717, 1.165) is 6.42 Å². The molecule has 0 aromatic heterocycles. The zero-order chi connectivity index (χ0) is 12.5. The Morgan fingerprint density at radius 1 is 1.47 bits per heavy atom. The van der Waals surface area contributed by atoms with Crippen molar-refractivity contribution in [2.45, 2.75) is 30.9 Å². The van der Waals surface area contributed by atoms with Gasteiger partial charge in [0.15, 0.2) is 5.60 Å². The molecule has 2 rings (SSSR count). The fourth-order valence-electron chi connectivity index (χ4n) is 1.89. The Labute approximate surface area is 100 Å². The lowest BCUT2D eigenvalue weighted by Crippen LogP contribution is -2.45. The highest BCUT2D eigenvalue weighted by Crippen LogP contribution is 2.40. The van der Waals surface area contributed by atoms with Gasteiger partial charge in [0.25, 0.3) is 0 Å². The molecular formula is C13H17NO3. The van der Waals surface area contributed by atoms with Crippen LogP contribution in [0.2, 0.25) is 0 Å². The maximum Gasteiger partial charge on any atom is 0.336 e. The molecule has 3 N–H and O–H groups in total. The molecule has 92 valence electrons. The van der Waals surface area contributed by atoms with Crippen LogP contribution in [-0.2, 0) is 4.79 Å². The van der Waals surface area contributed by atoms with Gasteiger partial charge in [-0.25, -0.2) is 4.79 Å². The van der Waals surface area contributed by atoms with Gasteiger partial charge in [0, 0.05) is 18.5 Å². The second kappa shape index (κ2) is 4.47. The standard InChI is InChI=1S/C13H17NO3/c1-13(17,12(15)16)8-14-11-7-10(11)9-5-3-2-4-6-9/h2-6,10-11,14,17H,7-8H2,1H3,(H,15,16). The van der Waals surface area contributed by atoms with Crippen LogP contribution in [0.1, 0.15) is 24.8 Å². The van der Waals surface area contributed by atoms with Crippen LogP contribution in [0, 0.1) is 0 Å². The Morgan fingerprint density at radius 3 is 2.71 bits per heavy atom. The van der Waals surface area contributed by atoms with Gasteiger partial charge in [-0.1, -0.05) is 30.3 Å². The predicted octanol–water partition coefficient (Wildman–Crippen LogP) is 0.968. The molecule has 0 aliphatic heterocycles. The van der Waals surface area contributed by atoms with Crippen molar-refractivity contribution in [3.63, 3.8) is 0 Å². The first-order chi connectivity index (χ1) is 8.00. The van der Waals surface area contributed by atoms with Gasteiger partial charge in [-0.2, -0.15) is 0 Å². The second-order valence-corrected chi connectivity index (χ2v) is 4.82. The van der Waals surface area contributed by atoms with Gasteiger partial charge in [-0.3, -0.25) is 0 Å². The summed E-state index contributed by atoms with van der Waals surface area (Å²) in [6.45, 7) is 1.39. The Bertz CT molecular complexity index is 402. The van der Waals surface area contributed by atoms with E-state index in [4.69, 9.17) is 5.11 Å². The van der Waals surface area contributed by atoms with Crippen molar-refractivity contribution in [2.75, 3.05) is 6.54 Å². The van der Waals surface area contributed by atoms with Gasteiger partial charge in [0.1, 0.15) is 0 Å². The minimum Gasteiger partial charge on any atom is -0.479 e. The maximum atomic E-state index is 10.7. The summed E-state index contributed by atoms with van der Waals surface area (Å²) >= 11 is 0. The number of carboxylic acids is 1. The van der Waals surface area contributed by atoms with E-state index in [2.05, 4.69) is 17.4 Å². The Kier molecular flexibility index (Phi) is 3.17. The lowest BCUT2D eigenvalue weighted by Gasteiger charge is -2.18. The molecule has 0 radical (unpaired) electrons. The molecule has 1 aromatic carbocycles. The lowest BCUT2D eigenvalue weighted by molar-refractivity contribution is -0.156. The van der Waals surface area contributed by atoms with Crippen LogP contribution in [0.4, 0.5) is 0 Å². The smallest absolute Gasteiger partial charge is 0.336 e. The first-order valence-electron chi connectivity index (χ1n) is 5.75. The molecule has 3 atom stereocenters. The molecule has 1 saturated carbocycles. The Morgan fingerprint density at radius 2 is 2.12 bits per heavy atom. The number of rotatable bonds is 5. The van der Waals surface area contributed by atoms with Crippen LogP contribution in [0.3, 0.4) is 0 Å². The number of carbonyl (C=O) groups is 1. The van der Waals surface area contributed by atoms with E-state index in [1.807, 2.05) is 18.2 Å². The average molecular weight is 235 g/mol. The minimum absolute atomic E-state index is 0.0797. The molecule has 17 heavy (non-hydrogen) atoms. The lowest BCUT2D eigenvalue weighted by atomic mass is 10.1. The van der Waals surface area contributed by atoms with Gasteiger partial charge >= 0.3 is 5.97 Å². The third kappa shape index (κ3) is 2.84. The summed E-state index contributed by atoms with van der Waals surface area (Å²) in [6, 6.07) is 10.4. The summed E-state index contributed by atoms with van der Waals surface area (Å²) in [5.41, 5.74) is -0.427.